The van der Waals surface area contributed by atoms with Gasteiger partial charge in [-0.2, -0.15) is 0 Å². The third-order valence-corrected chi connectivity index (χ3v) is 4.79. The van der Waals surface area contributed by atoms with Gasteiger partial charge in [-0.1, -0.05) is 19.4 Å². The molecule has 1 aliphatic rings. The molecule has 1 fully saturated rings. The number of benzene rings is 1. The van der Waals surface area contributed by atoms with Crippen molar-refractivity contribution in [2.45, 2.75) is 32.6 Å². The summed E-state index contributed by atoms with van der Waals surface area (Å²) in [7, 11) is 1.50. The highest BCUT2D eigenvalue weighted by molar-refractivity contribution is 5.78. The number of hydrogen-bond acceptors (Lipinski definition) is 4. The largest absolute Gasteiger partial charge is 0.504 e. The van der Waals surface area contributed by atoms with Gasteiger partial charge in [0.1, 0.15) is 0 Å². The molecule has 1 amide bonds. The summed E-state index contributed by atoms with van der Waals surface area (Å²) in [4.78, 5) is 25.1. The van der Waals surface area contributed by atoms with Crippen molar-refractivity contribution >= 4 is 11.9 Å². The second-order valence-electron chi connectivity index (χ2n) is 6.33. The van der Waals surface area contributed by atoms with Crippen molar-refractivity contribution in [1.29, 1.82) is 0 Å². The Labute approximate surface area is 142 Å². The number of amides is 1. The smallest absolute Gasteiger partial charge is 0.303 e. The molecule has 132 valence electrons. The normalized spacial score (nSPS) is 20.9. The minimum absolute atomic E-state index is 0.0247. The van der Waals surface area contributed by atoms with Crippen LogP contribution in [0.2, 0.25) is 0 Å². The lowest BCUT2D eigenvalue weighted by Crippen LogP contribution is -2.45. The maximum absolute atomic E-state index is 12.3. The Morgan fingerprint density at radius 2 is 2.12 bits per heavy atom. The molecule has 0 spiro atoms. The number of methoxy groups -OCH3 is 1. The molecule has 1 aliphatic heterocycles. The lowest BCUT2D eigenvalue weighted by atomic mass is 9.81. The zero-order valence-corrected chi connectivity index (χ0v) is 14.2. The molecule has 0 saturated carbocycles. The van der Waals surface area contributed by atoms with E-state index in [0.717, 1.165) is 12.0 Å². The average molecular weight is 335 g/mol. The Kier molecular flexibility index (Phi) is 6.06. The molecule has 0 bridgehead atoms. The van der Waals surface area contributed by atoms with Gasteiger partial charge in [-0.15, -0.1) is 0 Å². The number of aromatic hydroxyl groups is 1. The summed E-state index contributed by atoms with van der Waals surface area (Å²) in [5.41, 5.74) is 0.984. The van der Waals surface area contributed by atoms with E-state index in [1.54, 1.807) is 12.1 Å². The van der Waals surface area contributed by atoms with Crippen LogP contribution >= 0.6 is 0 Å². The molecule has 0 radical (unpaired) electrons. The number of carbonyl (C=O) groups excluding carboxylic acids is 1. The van der Waals surface area contributed by atoms with Crippen molar-refractivity contribution in [3.8, 4) is 11.5 Å². The Bertz CT molecular complexity index is 601. The summed E-state index contributed by atoms with van der Waals surface area (Å²) in [5.74, 6) is -0.131. The van der Waals surface area contributed by atoms with Gasteiger partial charge in [0.15, 0.2) is 11.5 Å². The second-order valence-corrected chi connectivity index (χ2v) is 6.33. The number of nitrogens with zero attached hydrogens (tertiary/aromatic N) is 1. The van der Waals surface area contributed by atoms with Gasteiger partial charge in [-0.05, 0) is 36.0 Å². The Hall–Kier alpha value is -2.24. The first kappa shape index (κ1) is 18.1. The van der Waals surface area contributed by atoms with Crippen LogP contribution in [-0.2, 0) is 16.0 Å². The molecule has 0 aliphatic carbocycles. The van der Waals surface area contributed by atoms with Gasteiger partial charge in [-0.3, -0.25) is 9.59 Å². The van der Waals surface area contributed by atoms with E-state index in [0.29, 0.717) is 31.7 Å². The molecule has 1 saturated heterocycles. The van der Waals surface area contributed by atoms with Crippen LogP contribution in [-0.4, -0.2) is 47.2 Å². The number of aliphatic carboxylic acids is 1. The molecule has 6 heteroatoms. The van der Waals surface area contributed by atoms with Crippen molar-refractivity contribution in [2.24, 2.45) is 11.8 Å². The molecule has 0 unspecified atom stereocenters. The first-order valence-corrected chi connectivity index (χ1v) is 8.30. The third-order valence-electron chi connectivity index (χ3n) is 4.79. The van der Waals surface area contributed by atoms with Crippen molar-refractivity contribution in [3.63, 3.8) is 0 Å². The quantitative estimate of drug-likeness (QED) is 0.798. The lowest BCUT2D eigenvalue weighted by Gasteiger charge is -2.37. The molecule has 24 heavy (non-hydrogen) atoms. The molecular weight excluding hydrogens is 310 g/mol. The second kappa shape index (κ2) is 8.04. The number of rotatable bonds is 7. The highest BCUT2D eigenvalue weighted by Crippen LogP contribution is 2.30. The van der Waals surface area contributed by atoms with E-state index in [1.165, 1.54) is 7.11 Å². The summed E-state index contributed by atoms with van der Waals surface area (Å²) in [6, 6.07) is 5.18. The van der Waals surface area contributed by atoms with Crippen LogP contribution < -0.4 is 4.74 Å². The average Bonchev–Trinajstić information content (AvgIpc) is 2.54. The van der Waals surface area contributed by atoms with Crippen LogP contribution in [0, 0.1) is 11.8 Å². The predicted octanol–water partition coefficient (Wildman–Crippen LogP) is 2.29. The molecule has 2 rings (SSSR count). The SMILES string of the molecule is CC[C@H]1CN(CCc2ccc(O)c(OC)c2)C(=O)C[C@H]1CC(=O)O. The van der Waals surface area contributed by atoms with E-state index >= 15 is 0 Å². The zero-order valence-electron chi connectivity index (χ0n) is 14.2. The van der Waals surface area contributed by atoms with Crippen LogP contribution in [0.5, 0.6) is 11.5 Å². The highest BCUT2D eigenvalue weighted by Gasteiger charge is 2.33. The minimum atomic E-state index is -0.837. The number of piperidine rings is 1. The van der Waals surface area contributed by atoms with Crippen LogP contribution in [0.1, 0.15) is 31.7 Å². The lowest BCUT2D eigenvalue weighted by molar-refractivity contribution is -0.142. The fourth-order valence-electron chi connectivity index (χ4n) is 3.34. The molecule has 0 aromatic heterocycles. The topological polar surface area (TPSA) is 87.1 Å². The Morgan fingerprint density at radius 3 is 2.75 bits per heavy atom. The van der Waals surface area contributed by atoms with Crippen molar-refractivity contribution < 1.29 is 24.5 Å². The summed E-state index contributed by atoms with van der Waals surface area (Å²) in [6.07, 6.45) is 1.91. The van der Waals surface area contributed by atoms with Gasteiger partial charge >= 0.3 is 5.97 Å². The standard InChI is InChI=1S/C18H25NO5/c1-3-13-11-19(17(21)9-14(13)10-18(22)23)7-6-12-4-5-15(20)16(8-12)24-2/h4-5,8,13-14,20H,3,6-7,9-11H2,1-2H3,(H,22,23)/t13-,14-/m0/s1. The van der Waals surface area contributed by atoms with Crippen molar-refractivity contribution in [3.05, 3.63) is 23.8 Å². The molecule has 1 heterocycles. The van der Waals surface area contributed by atoms with Crippen LogP contribution in [0.3, 0.4) is 0 Å². The highest BCUT2D eigenvalue weighted by atomic mass is 16.5. The molecule has 6 nitrogen and oxygen atoms in total. The number of likely N-dealkylation sites (tertiary alicyclic amines) is 1. The molecular formula is C18H25NO5. The van der Waals surface area contributed by atoms with Crippen molar-refractivity contribution in [2.75, 3.05) is 20.2 Å². The molecule has 2 atom stereocenters. The van der Waals surface area contributed by atoms with Gasteiger partial charge < -0.3 is 19.8 Å². The number of phenolic OH excluding ortho intramolecular Hbond substituents is 1. The summed E-state index contributed by atoms with van der Waals surface area (Å²) < 4.78 is 5.10. The van der Waals surface area contributed by atoms with Crippen LogP contribution in [0.25, 0.3) is 0 Å². The maximum Gasteiger partial charge on any atom is 0.303 e. The van der Waals surface area contributed by atoms with Crippen LogP contribution in [0.15, 0.2) is 18.2 Å². The van der Waals surface area contributed by atoms with Crippen molar-refractivity contribution in [1.82, 2.24) is 4.90 Å². The van der Waals surface area contributed by atoms with Gasteiger partial charge in [0, 0.05) is 25.9 Å². The summed E-state index contributed by atoms with van der Waals surface area (Å²) >= 11 is 0. The van der Waals surface area contributed by atoms with Gasteiger partial charge in [0.25, 0.3) is 0 Å². The maximum atomic E-state index is 12.3. The fourth-order valence-corrected chi connectivity index (χ4v) is 3.34. The summed E-state index contributed by atoms with van der Waals surface area (Å²) in [6.45, 7) is 3.24. The number of carboxylic acid groups (broad SMARTS) is 1. The van der Waals surface area contributed by atoms with E-state index < -0.39 is 5.97 Å². The number of ether oxygens (including phenoxy) is 1. The molecule has 1 aromatic carbocycles. The predicted molar refractivity (Wildman–Crippen MR) is 89.1 cm³/mol. The molecule has 1 aromatic rings. The van der Waals surface area contributed by atoms with Gasteiger partial charge in [0.05, 0.1) is 7.11 Å². The van der Waals surface area contributed by atoms with E-state index in [2.05, 4.69) is 0 Å². The Morgan fingerprint density at radius 1 is 1.38 bits per heavy atom. The number of carbonyl (C=O) groups is 2. The summed E-state index contributed by atoms with van der Waals surface area (Å²) in [5, 5.41) is 18.6. The van der Waals surface area contributed by atoms with E-state index in [-0.39, 0.29) is 29.9 Å². The first-order chi connectivity index (χ1) is 11.4. The van der Waals surface area contributed by atoms with E-state index in [4.69, 9.17) is 9.84 Å². The third kappa shape index (κ3) is 4.40. The molecule has 2 N–H and O–H groups in total. The van der Waals surface area contributed by atoms with Gasteiger partial charge in [0.2, 0.25) is 5.91 Å². The number of phenols is 1. The fraction of sp³-hybridized carbons (Fsp3) is 0.556. The minimum Gasteiger partial charge on any atom is -0.504 e. The van der Waals surface area contributed by atoms with E-state index in [1.807, 2.05) is 17.9 Å². The first-order valence-electron chi connectivity index (χ1n) is 8.30. The van der Waals surface area contributed by atoms with Crippen LogP contribution in [0.4, 0.5) is 0 Å². The van der Waals surface area contributed by atoms with E-state index in [9.17, 15) is 14.7 Å². The number of carboxylic acids is 1. The monoisotopic (exact) mass is 335 g/mol. The number of hydrogen-bond donors (Lipinski definition) is 2. The zero-order chi connectivity index (χ0) is 17.7. The Balaban J connectivity index is 1.97. The van der Waals surface area contributed by atoms with Gasteiger partial charge in [-0.25, -0.2) is 0 Å².